The van der Waals surface area contributed by atoms with Crippen LogP contribution in [-0.2, 0) is 12.6 Å². The van der Waals surface area contributed by atoms with Gasteiger partial charge in [0.2, 0.25) is 0 Å². The summed E-state index contributed by atoms with van der Waals surface area (Å²) >= 11 is 0. The third kappa shape index (κ3) is 1.49. The van der Waals surface area contributed by atoms with E-state index in [1.807, 2.05) is 25.2 Å². The quantitative estimate of drug-likeness (QED) is 0.833. The normalized spacial score (nSPS) is 26.9. The second-order valence-electron chi connectivity index (χ2n) is 5.13. The second-order valence-corrected chi connectivity index (χ2v) is 5.13. The van der Waals surface area contributed by atoms with E-state index in [2.05, 4.69) is 23.3 Å². The number of rotatable bonds is 1. The number of nitrogens with zero attached hydrogens (tertiary/aromatic N) is 3. The molecule has 0 bridgehead atoms. The van der Waals surface area contributed by atoms with Crippen LogP contribution in [0, 0.1) is 0 Å². The highest BCUT2D eigenvalue weighted by molar-refractivity contribution is 5.42. The van der Waals surface area contributed by atoms with E-state index in [0.717, 1.165) is 17.7 Å². The summed E-state index contributed by atoms with van der Waals surface area (Å²) in [7, 11) is 1.82. The van der Waals surface area contributed by atoms with Crippen LogP contribution in [-0.4, -0.2) is 20.1 Å². The van der Waals surface area contributed by atoms with Gasteiger partial charge in [0.25, 0.3) is 0 Å². The van der Waals surface area contributed by atoms with E-state index in [1.54, 1.807) is 10.9 Å². The Morgan fingerprint density at radius 1 is 1.39 bits per heavy atom. The number of aliphatic hydroxyl groups is 1. The first-order valence-corrected chi connectivity index (χ1v) is 6.30. The molecule has 2 atom stereocenters. The van der Waals surface area contributed by atoms with Gasteiger partial charge in [-0.1, -0.05) is 36.4 Å². The minimum absolute atomic E-state index is 0.489. The lowest BCUT2D eigenvalue weighted by Gasteiger charge is -2.36. The number of benzene rings is 1. The SMILES string of the molecule is CC1CCC(O)(c2cnnn2C)c2ccccc21. The molecule has 94 valence electrons. The zero-order valence-corrected chi connectivity index (χ0v) is 10.7. The Bertz CT molecular complexity index is 578. The monoisotopic (exact) mass is 243 g/mol. The largest absolute Gasteiger partial charge is 0.379 e. The predicted octanol–water partition coefficient (Wildman–Crippen LogP) is 1.95. The smallest absolute Gasteiger partial charge is 0.133 e. The Kier molecular flexibility index (Phi) is 2.48. The molecule has 4 nitrogen and oxygen atoms in total. The molecule has 1 aliphatic carbocycles. The Balaban J connectivity index is 2.20. The summed E-state index contributed by atoms with van der Waals surface area (Å²) in [4.78, 5) is 0. The van der Waals surface area contributed by atoms with Gasteiger partial charge in [0.1, 0.15) is 5.60 Å². The van der Waals surface area contributed by atoms with Crippen LogP contribution < -0.4 is 0 Å². The first-order chi connectivity index (χ1) is 8.63. The number of hydrogen-bond acceptors (Lipinski definition) is 3. The molecule has 4 heteroatoms. The van der Waals surface area contributed by atoms with E-state index in [4.69, 9.17) is 0 Å². The minimum atomic E-state index is -0.957. The van der Waals surface area contributed by atoms with Gasteiger partial charge in [0.15, 0.2) is 0 Å². The van der Waals surface area contributed by atoms with E-state index in [0.29, 0.717) is 12.3 Å². The summed E-state index contributed by atoms with van der Waals surface area (Å²) in [5.74, 6) is 0.489. The van der Waals surface area contributed by atoms with Crippen molar-refractivity contribution in [3.63, 3.8) is 0 Å². The highest BCUT2D eigenvalue weighted by Crippen LogP contribution is 2.44. The minimum Gasteiger partial charge on any atom is -0.379 e. The molecule has 0 aliphatic heterocycles. The summed E-state index contributed by atoms with van der Waals surface area (Å²) < 4.78 is 1.66. The summed E-state index contributed by atoms with van der Waals surface area (Å²) in [5.41, 5.74) is 2.03. The summed E-state index contributed by atoms with van der Waals surface area (Å²) in [5, 5.41) is 18.9. The first-order valence-electron chi connectivity index (χ1n) is 6.30. The molecule has 1 N–H and O–H groups in total. The third-order valence-corrected chi connectivity index (χ3v) is 4.01. The molecule has 1 heterocycles. The van der Waals surface area contributed by atoms with Crippen molar-refractivity contribution in [3.8, 4) is 0 Å². The Morgan fingerprint density at radius 2 is 2.17 bits per heavy atom. The zero-order chi connectivity index (χ0) is 12.8. The average Bonchev–Trinajstić information content (AvgIpc) is 2.82. The van der Waals surface area contributed by atoms with Crippen molar-refractivity contribution in [3.05, 3.63) is 47.3 Å². The predicted molar refractivity (Wildman–Crippen MR) is 68.1 cm³/mol. The summed E-state index contributed by atoms with van der Waals surface area (Å²) in [6, 6.07) is 8.13. The number of aromatic nitrogens is 3. The molecule has 0 saturated carbocycles. The van der Waals surface area contributed by atoms with Gasteiger partial charge in [0, 0.05) is 7.05 Å². The van der Waals surface area contributed by atoms with Gasteiger partial charge in [-0.3, -0.25) is 0 Å². The second kappa shape index (κ2) is 3.92. The van der Waals surface area contributed by atoms with Crippen LogP contribution >= 0.6 is 0 Å². The number of hydrogen-bond donors (Lipinski definition) is 1. The van der Waals surface area contributed by atoms with Crippen LogP contribution in [0.5, 0.6) is 0 Å². The maximum atomic E-state index is 11.1. The summed E-state index contributed by atoms with van der Waals surface area (Å²) in [6.07, 6.45) is 3.35. The van der Waals surface area contributed by atoms with E-state index in [9.17, 15) is 5.11 Å². The molecular formula is C14H17N3O. The van der Waals surface area contributed by atoms with Gasteiger partial charge >= 0.3 is 0 Å². The molecule has 0 saturated heterocycles. The van der Waals surface area contributed by atoms with Crippen molar-refractivity contribution in [2.24, 2.45) is 7.05 Å². The zero-order valence-electron chi connectivity index (χ0n) is 10.7. The Labute approximate surface area is 106 Å². The molecule has 2 aromatic rings. The highest BCUT2D eigenvalue weighted by Gasteiger charge is 2.40. The van der Waals surface area contributed by atoms with Crippen molar-refractivity contribution in [2.45, 2.75) is 31.3 Å². The molecule has 1 aromatic carbocycles. The molecule has 0 amide bonds. The van der Waals surface area contributed by atoms with Crippen molar-refractivity contribution in [1.82, 2.24) is 15.0 Å². The van der Waals surface area contributed by atoms with Crippen LogP contribution in [0.1, 0.15) is 42.5 Å². The molecule has 1 aliphatic rings. The van der Waals surface area contributed by atoms with E-state index in [-0.39, 0.29) is 0 Å². The lowest BCUT2D eigenvalue weighted by atomic mass is 9.73. The Morgan fingerprint density at radius 3 is 2.89 bits per heavy atom. The van der Waals surface area contributed by atoms with Gasteiger partial charge < -0.3 is 5.11 Å². The van der Waals surface area contributed by atoms with Crippen molar-refractivity contribution >= 4 is 0 Å². The van der Waals surface area contributed by atoms with E-state index >= 15 is 0 Å². The maximum absolute atomic E-state index is 11.1. The van der Waals surface area contributed by atoms with E-state index in [1.165, 1.54) is 5.56 Å². The van der Waals surface area contributed by atoms with Gasteiger partial charge in [-0.05, 0) is 29.9 Å². The fraction of sp³-hybridized carbons (Fsp3) is 0.429. The molecule has 0 spiro atoms. The standard InChI is InChI=1S/C14H17N3O/c1-10-7-8-14(18,13-9-15-16-17(13)2)12-6-4-3-5-11(10)12/h3-6,9-10,18H,7-8H2,1-2H3. The van der Waals surface area contributed by atoms with Gasteiger partial charge in [-0.15, -0.1) is 5.10 Å². The fourth-order valence-electron chi connectivity index (χ4n) is 2.95. The number of fused-ring (bicyclic) bond motifs is 1. The van der Waals surface area contributed by atoms with Crippen LogP contribution in [0.2, 0.25) is 0 Å². The van der Waals surface area contributed by atoms with Gasteiger partial charge in [-0.2, -0.15) is 0 Å². The molecule has 1 aromatic heterocycles. The fourth-order valence-corrected chi connectivity index (χ4v) is 2.95. The molecule has 0 fully saturated rings. The molecule has 18 heavy (non-hydrogen) atoms. The van der Waals surface area contributed by atoms with Gasteiger partial charge in [0.05, 0.1) is 11.9 Å². The lowest BCUT2D eigenvalue weighted by Crippen LogP contribution is -2.34. The van der Waals surface area contributed by atoms with E-state index < -0.39 is 5.60 Å². The van der Waals surface area contributed by atoms with Crippen molar-refractivity contribution in [2.75, 3.05) is 0 Å². The number of aryl methyl sites for hydroxylation is 1. The third-order valence-electron chi connectivity index (χ3n) is 4.01. The van der Waals surface area contributed by atoms with Crippen LogP contribution in [0.15, 0.2) is 30.5 Å². The maximum Gasteiger partial charge on any atom is 0.133 e. The average molecular weight is 243 g/mol. The highest BCUT2D eigenvalue weighted by atomic mass is 16.3. The molecule has 3 rings (SSSR count). The first kappa shape index (κ1) is 11.4. The lowest BCUT2D eigenvalue weighted by molar-refractivity contribution is 0.0497. The van der Waals surface area contributed by atoms with Crippen LogP contribution in [0.3, 0.4) is 0 Å². The topological polar surface area (TPSA) is 50.9 Å². The van der Waals surface area contributed by atoms with Crippen LogP contribution in [0.25, 0.3) is 0 Å². The van der Waals surface area contributed by atoms with Crippen molar-refractivity contribution < 1.29 is 5.11 Å². The molecule has 2 unspecified atom stereocenters. The van der Waals surface area contributed by atoms with Gasteiger partial charge in [-0.25, -0.2) is 4.68 Å². The summed E-state index contributed by atoms with van der Waals surface area (Å²) in [6.45, 7) is 2.21. The Hall–Kier alpha value is -1.68. The van der Waals surface area contributed by atoms with Crippen molar-refractivity contribution in [1.29, 1.82) is 0 Å². The molecule has 0 radical (unpaired) electrons. The molecular weight excluding hydrogens is 226 g/mol. The van der Waals surface area contributed by atoms with Crippen LogP contribution in [0.4, 0.5) is 0 Å².